The second-order valence-electron chi connectivity index (χ2n) is 5.19. The van der Waals surface area contributed by atoms with E-state index < -0.39 is 0 Å². The number of carbonyl (C=O) groups excluding carboxylic acids is 2. The monoisotopic (exact) mass is 222 g/mol. The number of hydrogen-bond acceptors (Lipinski definition) is 4. The van der Waals surface area contributed by atoms with Gasteiger partial charge in [0.2, 0.25) is 0 Å². The molecule has 0 radical (unpaired) electrons. The minimum atomic E-state index is -0.384. The van der Waals surface area contributed by atoms with E-state index in [0.717, 1.165) is 19.3 Å². The summed E-state index contributed by atoms with van der Waals surface area (Å²) >= 11 is 0. The van der Waals surface area contributed by atoms with Crippen molar-refractivity contribution in [3.63, 3.8) is 0 Å². The predicted octanol–water partition coefficient (Wildman–Crippen LogP) is 1.20. The Morgan fingerprint density at radius 1 is 1.56 bits per heavy atom. The van der Waals surface area contributed by atoms with Crippen LogP contribution >= 0.6 is 0 Å². The Morgan fingerprint density at radius 3 is 2.88 bits per heavy atom. The molecule has 0 amide bonds. The minimum Gasteiger partial charge on any atom is -0.461 e. The lowest BCUT2D eigenvalue weighted by atomic mass is 9.69. The summed E-state index contributed by atoms with van der Waals surface area (Å²) in [6.07, 6.45) is 2.42. The summed E-state index contributed by atoms with van der Waals surface area (Å²) in [7, 11) is 0. The maximum absolute atomic E-state index is 11.6. The topological polar surface area (TPSA) is 52.6 Å². The van der Waals surface area contributed by atoms with Crippen LogP contribution < -0.4 is 0 Å². The first kappa shape index (κ1) is 9.87. The Hall–Kier alpha value is -1.32. The first-order valence-electron chi connectivity index (χ1n) is 5.56. The highest BCUT2D eigenvalue weighted by molar-refractivity contribution is 5.88. The fraction of sp³-hybridized carbons (Fsp3) is 0.667. The number of carbonyl (C=O) groups is 2. The van der Waals surface area contributed by atoms with E-state index in [-0.39, 0.29) is 35.5 Å². The van der Waals surface area contributed by atoms with E-state index in [4.69, 9.17) is 9.47 Å². The average Bonchev–Trinajstić information content (AvgIpc) is 2.75. The van der Waals surface area contributed by atoms with Gasteiger partial charge in [0.05, 0.1) is 5.41 Å². The van der Waals surface area contributed by atoms with Gasteiger partial charge in [-0.05, 0) is 26.2 Å². The average molecular weight is 222 g/mol. The van der Waals surface area contributed by atoms with Gasteiger partial charge in [-0.3, -0.25) is 4.79 Å². The summed E-state index contributed by atoms with van der Waals surface area (Å²) in [5.74, 6) is -0.480. The van der Waals surface area contributed by atoms with E-state index in [0.29, 0.717) is 5.57 Å². The molecular formula is C12H14O4. The smallest absolute Gasteiger partial charge is 0.333 e. The van der Waals surface area contributed by atoms with Gasteiger partial charge >= 0.3 is 11.9 Å². The van der Waals surface area contributed by atoms with E-state index in [1.165, 1.54) is 0 Å². The molecule has 3 rings (SSSR count). The molecule has 0 spiro atoms. The molecule has 3 atom stereocenters. The van der Waals surface area contributed by atoms with Crippen LogP contribution in [-0.2, 0) is 19.1 Å². The van der Waals surface area contributed by atoms with Gasteiger partial charge in [-0.1, -0.05) is 6.58 Å². The second kappa shape index (κ2) is 2.67. The highest BCUT2D eigenvalue weighted by Crippen LogP contribution is 2.81. The summed E-state index contributed by atoms with van der Waals surface area (Å²) in [5.41, 5.74) is -0.00232. The first-order valence-corrected chi connectivity index (χ1v) is 5.56. The van der Waals surface area contributed by atoms with Crippen LogP contribution in [0.5, 0.6) is 0 Å². The van der Waals surface area contributed by atoms with Gasteiger partial charge in [-0.25, -0.2) is 4.79 Å². The highest BCUT2D eigenvalue weighted by Gasteiger charge is 2.84. The van der Waals surface area contributed by atoms with Crippen LogP contribution in [0.15, 0.2) is 12.2 Å². The Kier molecular flexibility index (Phi) is 1.65. The zero-order chi connectivity index (χ0) is 11.6. The van der Waals surface area contributed by atoms with Gasteiger partial charge in [0.15, 0.2) is 0 Å². The molecule has 4 heteroatoms. The van der Waals surface area contributed by atoms with E-state index in [1.807, 2.05) is 0 Å². The number of cyclic esters (lactones) is 1. The Labute approximate surface area is 93.6 Å². The van der Waals surface area contributed by atoms with Gasteiger partial charge in [-0.15, -0.1) is 0 Å². The predicted molar refractivity (Wildman–Crippen MR) is 54.4 cm³/mol. The minimum absolute atomic E-state index is 0.0898. The van der Waals surface area contributed by atoms with Gasteiger partial charge in [0.25, 0.3) is 0 Å². The fourth-order valence-electron chi connectivity index (χ4n) is 3.21. The van der Waals surface area contributed by atoms with E-state index >= 15 is 0 Å². The van der Waals surface area contributed by atoms with Gasteiger partial charge < -0.3 is 9.47 Å². The van der Waals surface area contributed by atoms with Crippen molar-refractivity contribution in [3.05, 3.63) is 12.2 Å². The summed E-state index contributed by atoms with van der Waals surface area (Å²) in [5, 5.41) is 0. The summed E-state index contributed by atoms with van der Waals surface area (Å²) in [4.78, 5) is 23.1. The zero-order valence-corrected chi connectivity index (χ0v) is 9.25. The number of ether oxygens (including phenoxy) is 2. The Balaban J connectivity index is 1.77. The molecule has 0 bridgehead atoms. The van der Waals surface area contributed by atoms with Gasteiger partial charge in [0.1, 0.15) is 12.7 Å². The third-order valence-corrected chi connectivity index (χ3v) is 4.41. The number of hydrogen-bond donors (Lipinski definition) is 0. The molecule has 1 heterocycles. The third-order valence-electron chi connectivity index (χ3n) is 4.41. The molecule has 1 saturated heterocycles. The van der Waals surface area contributed by atoms with Crippen LogP contribution in [0, 0.1) is 10.8 Å². The largest absolute Gasteiger partial charge is 0.461 e. The molecule has 1 aliphatic heterocycles. The molecule has 3 unspecified atom stereocenters. The fourth-order valence-corrected chi connectivity index (χ4v) is 3.21. The van der Waals surface area contributed by atoms with Gasteiger partial charge in [0, 0.05) is 11.0 Å². The molecule has 3 aliphatic rings. The molecule has 86 valence electrons. The van der Waals surface area contributed by atoms with Crippen molar-refractivity contribution in [2.24, 2.45) is 10.8 Å². The molecule has 0 aromatic heterocycles. The lowest BCUT2D eigenvalue weighted by molar-refractivity contribution is -0.187. The summed E-state index contributed by atoms with van der Waals surface area (Å²) in [6, 6.07) is 0. The van der Waals surface area contributed by atoms with Crippen molar-refractivity contribution in [3.8, 4) is 0 Å². The zero-order valence-electron chi connectivity index (χ0n) is 9.25. The quantitative estimate of drug-likeness (QED) is 0.520. The third kappa shape index (κ3) is 0.907. The molecule has 2 aliphatic carbocycles. The van der Waals surface area contributed by atoms with Crippen molar-refractivity contribution in [1.29, 1.82) is 0 Å². The maximum Gasteiger partial charge on any atom is 0.333 e. The molecular weight excluding hydrogens is 208 g/mol. The standard InChI is InChI=1S/C12H14O4/c1-7(2)9(13)16-8-5-15-10(14)12-4-3-11(8,12)6-12/h8H,1,3-6H2,2H3. The lowest BCUT2D eigenvalue weighted by Gasteiger charge is -2.42. The maximum atomic E-state index is 11.6. The SMILES string of the molecule is C=C(C)C(=O)OC1COC(=O)C23CCC12C3. The van der Waals surface area contributed by atoms with E-state index in [9.17, 15) is 9.59 Å². The number of esters is 2. The van der Waals surface area contributed by atoms with Crippen LogP contribution in [0.3, 0.4) is 0 Å². The van der Waals surface area contributed by atoms with Crippen LogP contribution in [0.2, 0.25) is 0 Å². The van der Waals surface area contributed by atoms with Crippen LogP contribution in [0.4, 0.5) is 0 Å². The molecule has 2 saturated carbocycles. The number of rotatable bonds is 2. The molecule has 0 N–H and O–H groups in total. The first-order chi connectivity index (χ1) is 7.52. The lowest BCUT2D eigenvalue weighted by Crippen LogP contribution is -2.50. The van der Waals surface area contributed by atoms with Gasteiger partial charge in [-0.2, -0.15) is 0 Å². The normalized spacial score (nSPS) is 43.3. The van der Waals surface area contributed by atoms with E-state index in [2.05, 4.69) is 6.58 Å². The molecule has 16 heavy (non-hydrogen) atoms. The Morgan fingerprint density at radius 2 is 2.31 bits per heavy atom. The molecule has 0 aromatic carbocycles. The van der Waals surface area contributed by atoms with Crippen molar-refractivity contribution < 1.29 is 19.1 Å². The molecule has 4 nitrogen and oxygen atoms in total. The Bertz CT molecular complexity index is 413. The van der Waals surface area contributed by atoms with Crippen molar-refractivity contribution in [1.82, 2.24) is 0 Å². The van der Waals surface area contributed by atoms with Crippen molar-refractivity contribution in [2.45, 2.75) is 32.3 Å². The van der Waals surface area contributed by atoms with Crippen molar-refractivity contribution in [2.75, 3.05) is 6.61 Å². The second-order valence-corrected chi connectivity index (χ2v) is 5.19. The molecule has 3 fully saturated rings. The van der Waals surface area contributed by atoms with Crippen molar-refractivity contribution >= 4 is 11.9 Å². The van der Waals surface area contributed by atoms with Crippen LogP contribution in [-0.4, -0.2) is 24.6 Å². The van der Waals surface area contributed by atoms with E-state index in [1.54, 1.807) is 6.92 Å². The molecule has 0 aromatic rings. The summed E-state index contributed by atoms with van der Waals surface area (Å²) in [6.45, 7) is 5.38. The van der Waals surface area contributed by atoms with Crippen LogP contribution in [0.25, 0.3) is 0 Å². The van der Waals surface area contributed by atoms with Crippen LogP contribution in [0.1, 0.15) is 26.2 Å². The highest BCUT2D eigenvalue weighted by atomic mass is 16.6. The summed E-state index contributed by atoms with van der Waals surface area (Å²) < 4.78 is 10.5.